The van der Waals surface area contributed by atoms with Crippen molar-refractivity contribution in [2.45, 2.75) is 45.5 Å². The molecule has 130 valence electrons. The van der Waals surface area contributed by atoms with Gasteiger partial charge in [-0.3, -0.25) is 0 Å². The van der Waals surface area contributed by atoms with Gasteiger partial charge in [0, 0.05) is 33.6 Å². The number of alkyl halides is 3. The van der Waals surface area contributed by atoms with Crippen LogP contribution < -0.4 is 0 Å². The Morgan fingerprint density at radius 3 is 2.61 bits per heavy atom. The number of rotatable bonds is 4. The molecule has 2 amide bonds. The van der Waals surface area contributed by atoms with Gasteiger partial charge in [-0.05, 0) is 12.8 Å². The Kier molecular flexibility index (Phi) is 5.16. The number of hydrogen-bond donors (Lipinski definition) is 0. The van der Waals surface area contributed by atoms with E-state index in [1.807, 2.05) is 6.92 Å². The molecule has 1 aliphatic heterocycles. The molecule has 0 radical (unpaired) electrons. The highest BCUT2D eigenvalue weighted by molar-refractivity contribution is 5.73. The maximum Gasteiger partial charge on any atom is 0.393 e. The standard InChI is InChI=1S/C14H22F3N5O/c1-4-7-20(2)13(23)21(3)9-12-19-18-11-6-5-10(8-22(11)12)14(15,16)17/h10H,4-9H2,1-3H3. The van der Waals surface area contributed by atoms with Crippen LogP contribution in [0.4, 0.5) is 18.0 Å². The molecular weight excluding hydrogens is 311 g/mol. The minimum atomic E-state index is -4.22. The topological polar surface area (TPSA) is 54.3 Å². The number of halogens is 3. The van der Waals surface area contributed by atoms with E-state index in [0.29, 0.717) is 18.2 Å². The zero-order valence-electron chi connectivity index (χ0n) is 13.6. The van der Waals surface area contributed by atoms with Gasteiger partial charge in [-0.15, -0.1) is 10.2 Å². The summed E-state index contributed by atoms with van der Waals surface area (Å²) in [6, 6.07) is -0.188. The fraction of sp³-hybridized carbons (Fsp3) is 0.786. The lowest BCUT2D eigenvalue weighted by Crippen LogP contribution is -2.39. The molecule has 0 aromatic carbocycles. The van der Waals surface area contributed by atoms with Crippen molar-refractivity contribution >= 4 is 6.03 Å². The van der Waals surface area contributed by atoms with Crippen molar-refractivity contribution in [1.82, 2.24) is 24.6 Å². The summed E-state index contributed by atoms with van der Waals surface area (Å²) in [5.74, 6) is -0.425. The number of hydrogen-bond acceptors (Lipinski definition) is 3. The molecule has 23 heavy (non-hydrogen) atoms. The van der Waals surface area contributed by atoms with Crippen LogP contribution in [0.5, 0.6) is 0 Å². The summed E-state index contributed by atoms with van der Waals surface area (Å²) in [5, 5.41) is 7.94. The predicted molar refractivity (Wildman–Crippen MR) is 77.7 cm³/mol. The SMILES string of the molecule is CCCN(C)C(=O)N(C)Cc1nnc2n1CC(C(F)(F)F)CC2. The van der Waals surface area contributed by atoms with Crippen molar-refractivity contribution in [2.75, 3.05) is 20.6 Å². The third-order valence-corrected chi connectivity index (χ3v) is 4.08. The zero-order chi connectivity index (χ0) is 17.2. The Balaban J connectivity index is 2.08. The Hall–Kier alpha value is -1.80. The third kappa shape index (κ3) is 3.94. The number of fused-ring (bicyclic) bond motifs is 1. The van der Waals surface area contributed by atoms with Crippen LogP contribution in [0, 0.1) is 5.92 Å². The van der Waals surface area contributed by atoms with Crippen LogP contribution in [-0.2, 0) is 19.5 Å². The Morgan fingerprint density at radius 1 is 1.30 bits per heavy atom. The normalized spacial score (nSPS) is 17.7. The van der Waals surface area contributed by atoms with Crippen molar-refractivity contribution in [2.24, 2.45) is 5.92 Å². The van der Waals surface area contributed by atoms with Gasteiger partial charge >= 0.3 is 12.2 Å². The number of amides is 2. The largest absolute Gasteiger partial charge is 0.393 e. The molecule has 1 aromatic heterocycles. The highest BCUT2D eigenvalue weighted by atomic mass is 19.4. The van der Waals surface area contributed by atoms with E-state index in [1.54, 1.807) is 19.0 Å². The van der Waals surface area contributed by atoms with Crippen LogP contribution in [0.1, 0.15) is 31.4 Å². The maximum absolute atomic E-state index is 12.9. The molecule has 0 N–H and O–H groups in total. The van der Waals surface area contributed by atoms with E-state index in [9.17, 15) is 18.0 Å². The smallest absolute Gasteiger partial charge is 0.328 e. The molecule has 9 heteroatoms. The van der Waals surface area contributed by atoms with E-state index in [4.69, 9.17) is 0 Å². The minimum absolute atomic E-state index is 0.0373. The summed E-state index contributed by atoms with van der Waals surface area (Å²) in [6.45, 7) is 2.56. The quantitative estimate of drug-likeness (QED) is 0.849. The molecule has 1 aliphatic rings. The van der Waals surface area contributed by atoms with Crippen LogP contribution in [0.2, 0.25) is 0 Å². The molecule has 6 nitrogen and oxygen atoms in total. The zero-order valence-corrected chi connectivity index (χ0v) is 13.6. The molecule has 0 bridgehead atoms. The Bertz CT molecular complexity index is 557. The summed E-state index contributed by atoms with van der Waals surface area (Å²) in [7, 11) is 3.31. The Labute approximate surface area is 133 Å². The maximum atomic E-state index is 12.9. The summed E-state index contributed by atoms with van der Waals surface area (Å²) >= 11 is 0. The van der Waals surface area contributed by atoms with Crippen molar-refractivity contribution in [3.63, 3.8) is 0 Å². The molecule has 2 rings (SSSR count). The molecule has 0 saturated carbocycles. The molecule has 0 aliphatic carbocycles. The first-order valence-corrected chi connectivity index (χ1v) is 7.68. The van der Waals surface area contributed by atoms with Gasteiger partial charge in [-0.2, -0.15) is 13.2 Å². The summed E-state index contributed by atoms with van der Waals surface area (Å²) in [5.41, 5.74) is 0. The van der Waals surface area contributed by atoms with Gasteiger partial charge in [0.05, 0.1) is 12.5 Å². The fourth-order valence-corrected chi connectivity index (χ4v) is 2.77. The van der Waals surface area contributed by atoms with Gasteiger partial charge in [-0.25, -0.2) is 4.79 Å². The minimum Gasteiger partial charge on any atom is -0.328 e. The molecule has 1 aromatic rings. The van der Waals surface area contributed by atoms with Gasteiger partial charge in [0.2, 0.25) is 0 Å². The number of carbonyl (C=O) groups is 1. The number of carbonyl (C=O) groups excluding carboxylic acids is 1. The number of urea groups is 1. The van der Waals surface area contributed by atoms with E-state index >= 15 is 0 Å². The highest BCUT2D eigenvalue weighted by Crippen LogP contribution is 2.34. The van der Waals surface area contributed by atoms with Crippen molar-refractivity contribution in [1.29, 1.82) is 0 Å². The molecule has 1 atom stereocenters. The van der Waals surface area contributed by atoms with E-state index in [1.165, 1.54) is 9.47 Å². The number of aromatic nitrogens is 3. The first-order chi connectivity index (χ1) is 10.7. The van der Waals surface area contributed by atoms with Gasteiger partial charge in [0.25, 0.3) is 0 Å². The summed E-state index contributed by atoms with van der Waals surface area (Å²) in [4.78, 5) is 15.2. The molecule has 1 unspecified atom stereocenters. The van der Waals surface area contributed by atoms with Gasteiger partial charge in [-0.1, -0.05) is 6.92 Å². The van der Waals surface area contributed by atoms with Crippen LogP contribution >= 0.6 is 0 Å². The van der Waals surface area contributed by atoms with Gasteiger partial charge in [0.1, 0.15) is 5.82 Å². The number of nitrogens with zero attached hydrogens (tertiary/aromatic N) is 5. The third-order valence-electron chi connectivity index (χ3n) is 4.08. The van der Waals surface area contributed by atoms with E-state index in [-0.39, 0.29) is 32.0 Å². The number of aryl methyl sites for hydroxylation is 1. The Morgan fingerprint density at radius 2 is 2.00 bits per heavy atom. The van der Waals surface area contributed by atoms with Gasteiger partial charge in [0.15, 0.2) is 5.82 Å². The van der Waals surface area contributed by atoms with Crippen LogP contribution in [-0.4, -0.2) is 57.4 Å². The first-order valence-electron chi connectivity index (χ1n) is 7.68. The molecule has 0 fully saturated rings. The second-order valence-electron chi connectivity index (χ2n) is 5.98. The van der Waals surface area contributed by atoms with E-state index in [0.717, 1.165) is 6.42 Å². The molecule has 0 saturated heterocycles. The van der Waals surface area contributed by atoms with Gasteiger partial charge < -0.3 is 14.4 Å². The summed E-state index contributed by atoms with van der Waals surface area (Å²) in [6.07, 6.45) is -3.09. The van der Waals surface area contributed by atoms with E-state index in [2.05, 4.69) is 10.2 Å². The summed E-state index contributed by atoms with van der Waals surface area (Å²) < 4.78 is 40.3. The van der Waals surface area contributed by atoms with Crippen molar-refractivity contribution in [3.05, 3.63) is 11.6 Å². The second-order valence-corrected chi connectivity index (χ2v) is 5.98. The lowest BCUT2D eigenvalue weighted by atomic mass is 9.99. The predicted octanol–water partition coefficient (Wildman–Crippen LogP) is 2.30. The first kappa shape index (κ1) is 17.6. The lowest BCUT2D eigenvalue weighted by molar-refractivity contribution is -0.182. The van der Waals surface area contributed by atoms with Crippen molar-refractivity contribution < 1.29 is 18.0 Å². The van der Waals surface area contributed by atoms with Crippen LogP contribution in [0.15, 0.2) is 0 Å². The van der Waals surface area contributed by atoms with E-state index < -0.39 is 12.1 Å². The fourth-order valence-electron chi connectivity index (χ4n) is 2.77. The lowest BCUT2D eigenvalue weighted by Gasteiger charge is -2.28. The highest BCUT2D eigenvalue weighted by Gasteiger charge is 2.42. The second kappa shape index (κ2) is 6.76. The van der Waals surface area contributed by atoms with Crippen LogP contribution in [0.25, 0.3) is 0 Å². The average Bonchev–Trinajstić information content (AvgIpc) is 2.88. The van der Waals surface area contributed by atoms with Crippen molar-refractivity contribution in [3.8, 4) is 0 Å². The molecular formula is C14H22F3N5O. The monoisotopic (exact) mass is 333 g/mol. The molecule has 2 heterocycles. The average molecular weight is 333 g/mol. The molecule has 0 spiro atoms. The van der Waals surface area contributed by atoms with Crippen LogP contribution in [0.3, 0.4) is 0 Å².